The number of nitrogens with zero attached hydrogens (tertiary/aromatic N) is 1. The zero-order valence-corrected chi connectivity index (χ0v) is 12.1. The quantitative estimate of drug-likeness (QED) is 0.930. The fourth-order valence-corrected chi connectivity index (χ4v) is 3.18. The Morgan fingerprint density at radius 1 is 1.20 bits per heavy atom. The van der Waals surface area contributed by atoms with Gasteiger partial charge in [-0.15, -0.1) is 0 Å². The normalized spacial score (nSPS) is 22.4. The molecule has 1 aliphatic heterocycles. The van der Waals surface area contributed by atoms with Crippen LogP contribution in [0.25, 0.3) is 0 Å². The highest BCUT2D eigenvalue weighted by Gasteiger charge is 2.38. The van der Waals surface area contributed by atoms with E-state index in [4.69, 9.17) is 11.6 Å². The topological polar surface area (TPSA) is 40.5 Å². The molecule has 0 unspecified atom stereocenters. The summed E-state index contributed by atoms with van der Waals surface area (Å²) in [6.45, 7) is 0.550. The van der Waals surface area contributed by atoms with Gasteiger partial charge in [-0.1, -0.05) is 23.7 Å². The number of rotatable bonds is 3. The van der Waals surface area contributed by atoms with E-state index >= 15 is 0 Å². The zero-order valence-electron chi connectivity index (χ0n) is 11.3. The summed E-state index contributed by atoms with van der Waals surface area (Å²) in [4.78, 5) is 13.9. The SMILES string of the molecule is O=C1C2=C(CCCC2)[C@H](O)N1CCc1ccc(Cl)cc1. The maximum absolute atomic E-state index is 12.3. The fourth-order valence-electron chi connectivity index (χ4n) is 3.05. The van der Waals surface area contributed by atoms with Gasteiger partial charge in [-0.25, -0.2) is 0 Å². The molecule has 1 aliphatic carbocycles. The van der Waals surface area contributed by atoms with E-state index in [1.54, 1.807) is 4.90 Å². The molecular formula is C16H18ClNO2. The summed E-state index contributed by atoms with van der Waals surface area (Å²) in [6.07, 6.45) is 3.85. The highest BCUT2D eigenvalue weighted by molar-refractivity contribution is 6.30. The van der Waals surface area contributed by atoms with Crippen molar-refractivity contribution >= 4 is 17.5 Å². The molecule has 1 aromatic rings. The molecule has 0 aromatic heterocycles. The number of carbonyl (C=O) groups is 1. The van der Waals surface area contributed by atoms with E-state index in [2.05, 4.69) is 0 Å². The van der Waals surface area contributed by atoms with E-state index < -0.39 is 6.23 Å². The van der Waals surface area contributed by atoms with Gasteiger partial charge in [-0.2, -0.15) is 0 Å². The van der Waals surface area contributed by atoms with Crippen molar-refractivity contribution < 1.29 is 9.90 Å². The molecule has 2 aliphatic rings. The van der Waals surface area contributed by atoms with Gasteiger partial charge in [0.25, 0.3) is 5.91 Å². The van der Waals surface area contributed by atoms with Crippen molar-refractivity contribution in [3.63, 3.8) is 0 Å². The average molecular weight is 292 g/mol. The van der Waals surface area contributed by atoms with Crippen molar-refractivity contribution in [1.82, 2.24) is 4.90 Å². The Morgan fingerprint density at radius 2 is 1.90 bits per heavy atom. The number of amides is 1. The number of aliphatic hydroxyl groups excluding tert-OH is 1. The minimum Gasteiger partial charge on any atom is -0.369 e. The van der Waals surface area contributed by atoms with Crippen LogP contribution in [0.5, 0.6) is 0 Å². The van der Waals surface area contributed by atoms with Crippen molar-refractivity contribution in [3.8, 4) is 0 Å². The molecule has 1 amide bonds. The highest BCUT2D eigenvalue weighted by Crippen LogP contribution is 2.35. The Hall–Kier alpha value is -1.32. The lowest BCUT2D eigenvalue weighted by Gasteiger charge is -2.22. The number of halogens is 1. The lowest BCUT2D eigenvalue weighted by atomic mass is 9.93. The third-order valence-corrected chi connectivity index (χ3v) is 4.44. The standard InChI is InChI=1S/C16H18ClNO2/c17-12-7-5-11(6-8-12)9-10-18-15(19)13-3-1-2-4-14(13)16(18)20/h5-8,15,19H,1-4,9-10H2/t15-/m0/s1. The lowest BCUT2D eigenvalue weighted by Crippen LogP contribution is -2.37. The first-order valence-electron chi connectivity index (χ1n) is 7.12. The summed E-state index contributed by atoms with van der Waals surface area (Å²) in [6, 6.07) is 7.62. The Balaban J connectivity index is 1.67. The molecular weight excluding hydrogens is 274 g/mol. The van der Waals surface area contributed by atoms with E-state index in [0.717, 1.165) is 48.8 Å². The first kappa shape index (κ1) is 13.7. The van der Waals surface area contributed by atoms with Gasteiger partial charge in [-0.3, -0.25) is 4.79 Å². The first-order valence-corrected chi connectivity index (χ1v) is 7.50. The summed E-state index contributed by atoms with van der Waals surface area (Å²) in [5.41, 5.74) is 2.94. The summed E-state index contributed by atoms with van der Waals surface area (Å²) in [5, 5.41) is 11.0. The summed E-state index contributed by atoms with van der Waals surface area (Å²) in [5.74, 6) is 0.0289. The van der Waals surface area contributed by atoms with Crippen LogP contribution in [0.1, 0.15) is 31.2 Å². The molecule has 0 spiro atoms. The molecule has 0 bridgehead atoms. The number of carbonyl (C=O) groups excluding carboxylic acids is 1. The molecule has 0 radical (unpaired) electrons. The monoisotopic (exact) mass is 291 g/mol. The molecule has 1 heterocycles. The Morgan fingerprint density at radius 3 is 2.60 bits per heavy atom. The van der Waals surface area contributed by atoms with Gasteiger partial charge < -0.3 is 10.0 Å². The molecule has 3 nitrogen and oxygen atoms in total. The van der Waals surface area contributed by atoms with Crippen molar-refractivity contribution in [3.05, 3.63) is 46.0 Å². The predicted molar refractivity (Wildman–Crippen MR) is 78.4 cm³/mol. The molecule has 20 heavy (non-hydrogen) atoms. The largest absolute Gasteiger partial charge is 0.369 e. The van der Waals surface area contributed by atoms with Crippen LogP contribution in [0.2, 0.25) is 5.02 Å². The molecule has 0 saturated heterocycles. The molecule has 0 fully saturated rings. The van der Waals surface area contributed by atoms with E-state index in [1.807, 2.05) is 24.3 Å². The summed E-state index contributed by atoms with van der Waals surface area (Å²) < 4.78 is 0. The van der Waals surface area contributed by atoms with Crippen molar-refractivity contribution in [2.24, 2.45) is 0 Å². The second-order valence-corrected chi connectivity index (χ2v) is 5.90. The number of aliphatic hydroxyl groups is 1. The molecule has 1 N–H and O–H groups in total. The van der Waals surface area contributed by atoms with E-state index in [-0.39, 0.29) is 5.91 Å². The predicted octanol–water partition coefficient (Wildman–Crippen LogP) is 2.91. The number of hydrogen-bond donors (Lipinski definition) is 1. The van der Waals surface area contributed by atoms with Gasteiger partial charge in [0.15, 0.2) is 6.23 Å². The summed E-state index contributed by atoms with van der Waals surface area (Å²) in [7, 11) is 0. The Labute approximate surface area is 123 Å². The first-order chi connectivity index (χ1) is 9.66. The third kappa shape index (κ3) is 2.48. The van der Waals surface area contributed by atoms with E-state index in [9.17, 15) is 9.90 Å². The Kier molecular flexibility index (Phi) is 3.81. The lowest BCUT2D eigenvalue weighted by molar-refractivity contribution is -0.131. The summed E-state index contributed by atoms with van der Waals surface area (Å²) >= 11 is 5.86. The van der Waals surface area contributed by atoms with Gasteiger partial charge in [0, 0.05) is 17.1 Å². The second kappa shape index (κ2) is 5.58. The maximum atomic E-state index is 12.3. The fraction of sp³-hybridized carbons (Fsp3) is 0.438. The minimum atomic E-state index is -0.704. The molecule has 0 saturated carbocycles. The minimum absolute atomic E-state index is 0.0289. The number of hydrogen-bond acceptors (Lipinski definition) is 2. The molecule has 1 aromatic carbocycles. The van der Waals surface area contributed by atoms with Gasteiger partial charge >= 0.3 is 0 Å². The van der Waals surface area contributed by atoms with E-state index in [0.29, 0.717) is 11.6 Å². The molecule has 4 heteroatoms. The highest BCUT2D eigenvalue weighted by atomic mass is 35.5. The van der Waals surface area contributed by atoms with Crippen LogP contribution in [0.3, 0.4) is 0 Å². The number of benzene rings is 1. The molecule has 106 valence electrons. The van der Waals surface area contributed by atoms with Crippen LogP contribution in [-0.4, -0.2) is 28.7 Å². The third-order valence-electron chi connectivity index (χ3n) is 4.19. The average Bonchev–Trinajstić information content (AvgIpc) is 2.71. The van der Waals surface area contributed by atoms with Gasteiger partial charge in [0.2, 0.25) is 0 Å². The van der Waals surface area contributed by atoms with Crippen LogP contribution >= 0.6 is 11.6 Å². The van der Waals surface area contributed by atoms with Crippen LogP contribution in [0.4, 0.5) is 0 Å². The second-order valence-electron chi connectivity index (χ2n) is 5.46. The molecule has 3 rings (SSSR count). The Bertz CT molecular complexity index is 550. The smallest absolute Gasteiger partial charge is 0.252 e. The van der Waals surface area contributed by atoms with Crippen LogP contribution < -0.4 is 0 Å². The van der Waals surface area contributed by atoms with Gasteiger partial charge in [0.1, 0.15) is 0 Å². The maximum Gasteiger partial charge on any atom is 0.252 e. The van der Waals surface area contributed by atoms with Crippen LogP contribution in [-0.2, 0) is 11.2 Å². The van der Waals surface area contributed by atoms with Gasteiger partial charge in [-0.05, 0) is 55.4 Å². The van der Waals surface area contributed by atoms with Crippen molar-refractivity contribution in [1.29, 1.82) is 0 Å². The van der Waals surface area contributed by atoms with Crippen LogP contribution in [0.15, 0.2) is 35.4 Å². The van der Waals surface area contributed by atoms with E-state index in [1.165, 1.54) is 0 Å². The van der Waals surface area contributed by atoms with Crippen molar-refractivity contribution in [2.75, 3.05) is 6.54 Å². The van der Waals surface area contributed by atoms with Crippen LogP contribution in [0, 0.1) is 0 Å². The molecule has 1 atom stereocenters. The van der Waals surface area contributed by atoms with Gasteiger partial charge in [0.05, 0.1) is 0 Å². The zero-order chi connectivity index (χ0) is 14.1. The van der Waals surface area contributed by atoms with Crippen molar-refractivity contribution in [2.45, 2.75) is 38.3 Å².